The second kappa shape index (κ2) is 7.05. The minimum Gasteiger partial charge on any atom is -0.306 e. The topological polar surface area (TPSA) is 12.0 Å². The predicted molar refractivity (Wildman–Crippen MR) is 89.7 cm³/mol. The van der Waals surface area contributed by atoms with Crippen molar-refractivity contribution < 1.29 is 0 Å². The molecule has 0 fully saturated rings. The van der Waals surface area contributed by atoms with Crippen LogP contribution in [-0.4, -0.2) is 6.54 Å². The zero-order valence-electron chi connectivity index (χ0n) is 13.0. The Bertz CT molecular complexity index is 520. The summed E-state index contributed by atoms with van der Waals surface area (Å²) in [5.74, 6) is 0. The van der Waals surface area contributed by atoms with E-state index < -0.39 is 0 Å². The average molecular weight is 287 g/mol. The number of hydrogen-bond donors (Lipinski definition) is 1. The molecule has 0 bridgehead atoms. The first kappa shape index (κ1) is 15.3. The van der Waals surface area contributed by atoms with Crippen LogP contribution in [0.3, 0.4) is 0 Å². The second-order valence-corrected chi connectivity index (χ2v) is 6.66. The van der Waals surface area contributed by atoms with Gasteiger partial charge in [-0.1, -0.05) is 44.5 Å². The van der Waals surface area contributed by atoms with Crippen LogP contribution in [0, 0.1) is 13.8 Å². The van der Waals surface area contributed by atoms with Crippen LogP contribution in [0.4, 0.5) is 0 Å². The first-order chi connectivity index (χ1) is 9.65. The molecule has 0 saturated carbocycles. The first-order valence-corrected chi connectivity index (χ1v) is 8.36. The van der Waals surface area contributed by atoms with E-state index in [-0.39, 0.29) is 0 Å². The Hall–Kier alpha value is -1.12. The Morgan fingerprint density at radius 3 is 2.30 bits per heavy atom. The summed E-state index contributed by atoms with van der Waals surface area (Å²) in [6, 6.07) is 11.8. The highest BCUT2D eigenvalue weighted by Crippen LogP contribution is 2.31. The Labute approximate surface area is 127 Å². The maximum Gasteiger partial charge on any atom is 0.0671 e. The van der Waals surface area contributed by atoms with Gasteiger partial charge in [0.2, 0.25) is 0 Å². The van der Waals surface area contributed by atoms with Gasteiger partial charge in [-0.15, -0.1) is 11.3 Å². The molecule has 0 aliphatic rings. The minimum absolute atomic E-state index is 0.327. The third-order valence-corrected chi connectivity index (χ3v) is 4.95. The molecule has 0 spiro atoms. The average Bonchev–Trinajstić information content (AvgIpc) is 2.77. The van der Waals surface area contributed by atoms with Crippen LogP contribution >= 0.6 is 11.3 Å². The number of hydrogen-bond acceptors (Lipinski definition) is 2. The molecule has 1 atom stereocenters. The Morgan fingerprint density at radius 2 is 1.80 bits per heavy atom. The van der Waals surface area contributed by atoms with Crippen LogP contribution in [-0.2, 0) is 6.42 Å². The second-order valence-electron chi connectivity index (χ2n) is 5.37. The van der Waals surface area contributed by atoms with Gasteiger partial charge in [0, 0.05) is 9.75 Å². The number of benzene rings is 1. The molecule has 0 aliphatic carbocycles. The van der Waals surface area contributed by atoms with Gasteiger partial charge >= 0.3 is 0 Å². The molecular weight excluding hydrogens is 262 g/mol. The standard InChI is InChI=1S/C18H25NS/c1-5-7-15-8-10-16(11-9-15)18(19-6-2)17-12-13(3)14(4)20-17/h8-12,18-19H,5-7H2,1-4H3. The third kappa shape index (κ3) is 3.50. The van der Waals surface area contributed by atoms with Crippen molar-refractivity contribution in [2.45, 2.75) is 46.6 Å². The van der Waals surface area contributed by atoms with E-state index in [0.29, 0.717) is 6.04 Å². The third-order valence-electron chi connectivity index (χ3n) is 3.73. The summed E-state index contributed by atoms with van der Waals surface area (Å²) in [6.45, 7) is 9.79. The lowest BCUT2D eigenvalue weighted by molar-refractivity contribution is 0.639. The van der Waals surface area contributed by atoms with Gasteiger partial charge in [0.1, 0.15) is 0 Å². The molecule has 1 aromatic carbocycles. The molecule has 0 amide bonds. The van der Waals surface area contributed by atoms with Crippen LogP contribution in [0.25, 0.3) is 0 Å². The highest BCUT2D eigenvalue weighted by molar-refractivity contribution is 7.12. The molecule has 20 heavy (non-hydrogen) atoms. The van der Waals surface area contributed by atoms with Crippen molar-refractivity contribution in [2.75, 3.05) is 6.54 Å². The van der Waals surface area contributed by atoms with E-state index in [1.54, 1.807) is 0 Å². The molecule has 1 unspecified atom stereocenters. The molecule has 0 radical (unpaired) electrons. The molecule has 1 nitrogen and oxygen atoms in total. The predicted octanol–water partition coefficient (Wildman–Crippen LogP) is 5.02. The van der Waals surface area contributed by atoms with Gasteiger partial charge in [0.25, 0.3) is 0 Å². The smallest absolute Gasteiger partial charge is 0.0671 e. The molecule has 2 heteroatoms. The van der Waals surface area contributed by atoms with E-state index in [1.165, 1.54) is 39.3 Å². The van der Waals surface area contributed by atoms with Gasteiger partial charge in [0.05, 0.1) is 6.04 Å². The lowest BCUT2D eigenvalue weighted by Crippen LogP contribution is -2.21. The van der Waals surface area contributed by atoms with E-state index in [9.17, 15) is 0 Å². The molecule has 2 aromatic rings. The van der Waals surface area contributed by atoms with Crippen LogP contribution in [0.15, 0.2) is 30.3 Å². The van der Waals surface area contributed by atoms with Gasteiger partial charge < -0.3 is 5.32 Å². The summed E-state index contributed by atoms with van der Waals surface area (Å²) < 4.78 is 0. The zero-order valence-corrected chi connectivity index (χ0v) is 13.8. The van der Waals surface area contributed by atoms with Crippen LogP contribution in [0.5, 0.6) is 0 Å². The maximum absolute atomic E-state index is 3.62. The fraction of sp³-hybridized carbons (Fsp3) is 0.444. The monoisotopic (exact) mass is 287 g/mol. The van der Waals surface area contributed by atoms with E-state index in [1.807, 2.05) is 11.3 Å². The molecule has 0 aliphatic heterocycles. The Kier molecular flexibility index (Phi) is 5.38. The van der Waals surface area contributed by atoms with Gasteiger partial charge in [-0.2, -0.15) is 0 Å². The van der Waals surface area contributed by atoms with Gasteiger partial charge in [-0.05, 0) is 49.6 Å². The summed E-state index contributed by atoms with van der Waals surface area (Å²) in [4.78, 5) is 2.84. The summed E-state index contributed by atoms with van der Waals surface area (Å²) in [5.41, 5.74) is 4.20. The molecule has 1 N–H and O–H groups in total. The van der Waals surface area contributed by atoms with Crippen molar-refractivity contribution in [1.29, 1.82) is 0 Å². The SMILES string of the molecule is CCCc1ccc(C(NCC)c2cc(C)c(C)s2)cc1. The number of rotatable bonds is 6. The Morgan fingerprint density at radius 1 is 1.10 bits per heavy atom. The van der Waals surface area contributed by atoms with Crippen LogP contribution in [0.1, 0.15) is 52.8 Å². The maximum atomic E-state index is 3.62. The summed E-state index contributed by atoms with van der Waals surface area (Å²) >= 11 is 1.91. The Balaban J connectivity index is 2.27. The van der Waals surface area contributed by atoms with E-state index in [0.717, 1.165) is 6.54 Å². The summed E-state index contributed by atoms with van der Waals surface area (Å²) in [5, 5.41) is 3.62. The molecule has 108 valence electrons. The zero-order chi connectivity index (χ0) is 14.5. The molecule has 1 aromatic heterocycles. The normalized spacial score (nSPS) is 12.6. The first-order valence-electron chi connectivity index (χ1n) is 7.54. The molecular formula is C18H25NS. The van der Waals surface area contributed by atoms with Crippen molar-refractivity contribution in [2.24, 2.45) is 0 Å². The summed E-state index contributed by atoms with van der Waals surface area (Å²) in [7, 11) is 0. The molecule has 1 heterocycles. The fourth-order valence-electron chi connectivity index (χ4n) is 2.50. The highest BCUT2D eigenvalue weighted by Gasteiger charge is 2.15. The largest absolute Gasteiger partial charge is 0.306 e. The van der Waals surface area contributed by atoms with Crippen molar-refractivity contribution in [3.8, 4) is 0 Å². The van der Waals surface area contributed by atoms with E-state index in [4.69, 9.17) is 0 Å². The lowest BCUT2D eigenvalue weighted by atomic mass is 10.0. The van der Waals surface area contributed by atoms with E-state index >= 15 is 0 Å². The van der Waals surface area contributed by atoms with Crippen molar-refractivity contribution in [1.82, 2.24) is 5.32 Å². The number of aryl methyl sites for hydroxylation is 3. The lowest BCUT2D eigenvalue weighted by Gasteiger charge is -2.17. The fourth-order valence-corrected chi connectivity index (χ4v) is 3.64. The number of thiophene rings is 1. The number of nitrogens with one attached hydrogen (secondary N) is 1. The highest BCUT2D eigenvalue weighted by atomic mass is 32.1. The van der Waals surface area contributed by atoms with Crippen molar-refractivity contribution in [3.63, 3.8) is 0 Å². The van der Waals surface area contributed by atoms with Crippen LogP contribution < -0.4 is 5.32 Å². The van der Waals surface area contributed by atoms with Gasteiger partial charge in [0.15, 0.2) is 0 Å². The van der Waals surface area contributed by atoms with Gasteiger partial charge in [-0.25, -0.2) is 0 Å². The molecule has 2 rings (SSSR count). The molecule has 0 saturated heterocycles. The quantitative estimate of drug-likeness (QED) is 0.787. The van der Waals surface area contributed by atoms with Crippen molar-refractivity contribution >= 4 is 11.3 Å². The summed E-state index contributed by atoms with van der Waals surface area (Å²) in [6.07, 6.45) is 2.38. The van der Waals surface area contributed by atoms with Crippen molar-refractivity contribution in [3.05, 3.63) is 56.8 Å². The van der Waals surface area contributed by atoms with Gasteiger partial charge in [-0.3, -0.25) is 0 Å². The van der Waals surface area contributed by atoms with Crippen LogP contribution in [0.2, 0.25) is 0 Å². The van der Waals surface area contributed by atoms with E-state index in [2.05, 4.69) is 63.3 Å². The minimum atomic E-state index is 0.327.